The summed E-state index contributed by atoms with van der Waals surface area (Å²) in [5.41, 5.74) is 0. The van der Waals surface area contributed by atoms with Crippen LogP contribution in [-0.2, 0) is 9.84 Å². The van der Waals surface area contributed by atoms with E-state index in [-0.39, 0.29) is 11.5 Å². The summed E-state index contributed by atoms with van der Waals surface area (Å²) in [5.74, 6) is 1.24. The molecule has 2 N–H and O–H groups in total. The van der Waals surface area contributed by atoms with Crippen LogP contribution < -0.4 is 10.6 Å². The fraction of sp³-hybridized carbons (Fsp3) is 1.00. The van der Waals surface area contributed by atoms with E-state index < -0.39 is 9.84 Å². The van der Waals surface area contributed by atoms with Crippen molar-refractivity contribution >= 4 is 9.84 Å². The Bertz CT molecular complexity index is 364. The predicted molar refractivity (Wildman–Crippen MR) is 79.1 cm³/mol. The van der Waals surface area contributed by atoms with Crippen LogP contribution in [0.15, 0.2) is 0 Å². The van der Waals surface area contributed by atoms with E-state index in [1.54, 1.807) is 6.92 Å². The molecule has 3 unspecified atom stereocenters. The van der Waals surface area contributed by atoms with Gasteiger partial charge in [-0.05, 0) is 38.1 Å². The average Bonchev–Trinajstić information content (AvgIpc) is 2.88. The van der Waals surface area contributed by atoms with Gasteiger partial charge in [0.2, 0.25) is 0 Å². The van der Waals surface area contributed by atoms with Gasteiger partial charge < -0.3 is 10.6 Å². The summed E-state index contributed by atoms with van der Waals surface area (Å²) >= 11 is 0. The molecule has 0 amide bonds. The van der Waals surface area contributed by atoms with Crippen LogP contribution in [-0.4, -0.2) is 45.1 Å². The first kappa shape index (κ1) is 15.3. The van der Waals surface area contributed by atoms with E-state index >= 15 is 0 Å². The molecule has 4 nitrogen and oxygen atoms in total. The Morgan fingerprint density at radius 3 is 2.68 bits per heavy atom. The zero-order valence-corrected chi connectivity index (χ0v) is 12.8. The number of rotatable bonds is 6. The lowest BCUT2D eigenvalue weighted by molar-refractivity contribution is 0.259. The lowest BCUT2D eigenvalue weighted by atomic mass is 9.88. The lowest BCUT2D eigenvalue weighted by Gasteiger charge is -2.33. The number of hydrogen-bond donors (Lipinski definition) is 2. The molecule has 1 saturated heterocycles. The SMILES string of the molecule is CCS(=O)(=O)CCNC1CCCC1C1CCCCN1. The third kappa shape index (κ3) is 4.43. The second-order valence-electron chi connectivity index (χ2n) is 5.95. The average molecular weight is 288 g/mol. The lowest BCUT2D eigenvalue weighted by Crippen LogP contribution is -2.47. The fourth-order valence-electron chi connectivity index (χ4n) is 3.51. The predicted octanol–water partition coefficient (Wildman–Crippen LogP) is 1.32. The van der Waals surface area contributed by atoms with Gasteiger partial charge in [0.15, 0.2) is 9.84 Å². The van der Waals surface area contributed by atoms with E-state index in [9.17, 15) is 8.42 Å². The zero-order chi connectivity index (χ0) is 13.7. The number of sulfone groups is 1. The van der Waals surface area contributed by atoms with Gasteiger partial charge in [-0.15, -0.1) is 0 Å². The molecule has 112 valence electrons. The topological polar surface area (TPSA) is 58.2 Å². The summed E-state index contributed by atoms with van der Waals surface area (Å²) in [6.07, 6.45) is 7.70. The van der Waals surface area contributed by atoms with Crippen LogP contribution >= 0.6 is 0 Å². The Hall–Kier alpha value is -0.130. The molecule has 1 aliphatic carbocycles. The molecule has 1 aliphatic heterocycles. The molecule has 0 aromatic rings. The molecule has 2 fully saturated rings. The molecule has 1 heterocycles. The van der Waals surface area contributed by atoms with Gasteiger partial charge in [-0.1, -0.05) is 19.8 Å². The van der Waals surface area contributed by atoms with E-state index in [2.05, 4.69) is 10.6 Å². The van der Waals surface area contributed by atoms with Crippen molar-refractivity contribution < 1.29 is 8.42 Å². The molecule has 3 atom stereocenters. The summed E-state index contributed by atoms with van der Waals surface area (Å²) in [5, 5.41) is 7.15. The third-order valence-electron chi connectivity index (χ3n) is 4.69. The standard InChI is InChI=1S/C14H28N2O2S/c1-2-19(17,18)11-10-16-14-8-5-6-12(14)13-7-3-4-9-15-13/h12-16H,2-11H2,1H3. The van der Waals surface area contributed by atoms with Crippen molar-refractivity contribution in [3.05, 3.63) is 0 Å². The normalized spacial score (nSPS) is 32.6. The van der Waals surface area contributed by atoms with Crippen LogP contribution in [0, 0.1) is 5.92 Å². The maximum Gasteiger partial charge on any atom is 0.151 e. The minimum atomic E-state index is -2.83. The monoisotopic (exact) mass is 288 g/mol. The largest absolute Gasteiger partial charge is 0.314 e. The van der Waals surface area contributed by atoms with Crippen molar-refractivity contribution in [2.24, 2.45) is 5.92 Å². The van der Waals surface area contributed by atoms with Gasteiger partial charge in [0, 0.05) is 24.4 Å². The van der Waals surface area contributed by atoms with Gasteiger partial charge in [-0.2, -0.15) is 0 Å². The molecule has 0 bridgehead atoms. The van der Waals surface area contributed by atoms with Crippen LogP contribution in [0.5, 0.6) is 0 Å². The van der Waals surface area contributed by atoms with Gasteiger partial charge in [0.05, 0.1) is 5.75 Å². The second kappa shape index (κ2) is 7.04. The highest BCUT2D eigenvalue weighted by atomic mass is 32.2. The van der Waals surface area contributed by atoms with Crippen LogP contribution in [0.25, 0.3) is 0 Å². The first-order valence-electron chi connectivity index (χ1n) is 7.79. The van der Waals surface area contributed by atoms with E-state index in [1.165, 1.54) is 38.5 Å². The summed E-state index contributed by atoms with van der Waals surface area (Å²) in [6, 6.07) is 1.17. The van der Waals surface area contributed by atoms with E-state index in [0.717, 1.165) is 6.54 Å². The van der Waals surface area contributed by atoms with E-state index in [0.29, 0.717) is 24.5 Å². The highest BCUT2D eigenvalue weighted by Crippen LogP contribution is 2.31. The highest BCUT2D eigenvalue weighted by Gasteiger charge is 2.33. The van der Waals surface area contributed by atoms with Gasteiger partial charge >= 0.3 is 0 Å². The van der Waals surface area contributed by atoms with Crippen molar-refractivity contribution in [3.63, 3.8) is 0 Å². The smallest absolute Gasteiger partial charge is 0.151 e. The summed E-state index contributed by atoms with van der Waals surface area (Å²) in [6.45, 7) is 3.49. The second-order valence-corrected chi connectivity index (χ2v) is 8.42. The van der Waals surface area contributed by atoms with Gasteiger partial charge in [0.1, 0.15) is 0 Å². The Balaban J connectivity index is 1.78. The van der Waals surface area contributed by atoms with E-state index in [1.807, 2.05) is 0 Å². The number of nitrogens with one attached hydrogen (secondary N) is 2. The van der Waals surface area contributed by atoms with Crippen LogP contribution in [0.4, 0.5) is 0 Å². The molecular formula is C14H28N2O2S. The fourth-order valence-corrected chi connectivity index (χ4v) is 4.23. The Morgan fingerprint density at radius 2 is 2.00 bits per heavy atom. The molecule has 0 aromatic carbocycles. The first-order chi connectivity index (χ1) is 9.12. The molecule has 19 heavy (non-hydrogen) atoms. The minimum absolute atomic E-state index is 0.257. The van der Waals surface area contributed by atoms with Gasteiger partial charge in [-0.3, -0.25) is 0 Å². The van der Waals surface area contributed by atoms with Crippen molar-refractivity contribution in [1.29, 1.82) is 0 Å². The van der Waals surface area contributed by atoms with Gasteiger partial charge in [-0.25, -0.2) is 8.42 Å². The summed E-state index contributed by atoms with van der Waals surface area (Å²) < 4.78 is 23.0. The minimum Gasteiger partial charge on any atom is -0.314 e. The van der Waals surface area contributed by atoms with E-state index in [4.69, 9.17) is 0 Å². The first-order valence-corrected chi connectivity index (χ1v) is 9.62. The van der Waals surface area contributed by atoms with Crippen LogP contribution in [0.2, 0.25) is 0 Å². The van der Waals surface area contributed by atoms with Gasteiger partial charge in [0.25, 0.3) is 0 Å². The summed E-state index contributed by atoms with van der Waals surface area (Å²) in [7, 11) is -2.83. The summed E-state index contributed by atoms with van der Waals surface area (Å²) in [4.78, 5) is 0. The van der Waals surface area contributed by atoms with Crippen molar-refractivity contribution in [1.82, 2.24) is 10.6 Å². The van der Waals surface area contributed by atoms with Crippen molar-refractivity contribution in [2.45, 2.75) is 57.5 Å². The molecule has 1 saturated carbocycles. The molecule has 5 heteroatoms. The number of piperidine rings is 1. The number of hydrogen-bond acceptors (Lipinski definition) is 4. The molecule has 0 spiro atoms. The third-order valence-corrected chi connectivity index (χ3v) is 6.40. The highest BCUT2D eigenvalue weighted by molar-refractivity contribution is 7.91. The maximum atomic E-state index is 11.5. The Morgan fingerprint density at radius 1 is 1.16 bits per heavy atom. The van der Waals surface area contributed by atoms with Crippen molar-refractivity contribution in [3.8, 4) is 0 Å². The quantitative estimate of drug-likeness (QED) is 0.774. The molecule has 0 radical (unpaired) electrons. The Labute approximate surface area is 117 Å². The van der Waals surface area contributed by atoms with Crippen LogP contribution in [0.1, 0.15) is 45.4 Å². The van der Waals surface area contributed by atoms with Crippen LogP contribution in [0.3, 0.4) is 0 Å². The molecule has 2 aliphatic rings. The zero-order valence-electron chi connectivity index (χ0n) is 12.0. The molecule has 2 rings (SSSR count). The van der Waals surface area contributed by atoms with Crippen molar-refractivity contribution in [2.75, 3.05) is 24.6 Å². The molecular weight excluding hydrogens is 260 g/mol. The molecule has 0 aromatic heterocycles. The Kier molecular flexibility index (Phi) is 5.66. The maximum absolute atomic E-state index is 11.5.